The van der Waals surface area contributed by atoms with E-state index in [1.165, 1.54) is 6.92 Å². The Bertz CT molecular complexity index is 280. The molecular formula is C9H12O6. The quantitative estimate of drug-likeness (QED) is 0.518. The number of carboxylic acids is 1. The minimum absolute atomic E-state index is 0.186. The molecule has 0 saturated heterocycles. The molecular weight excluding hydrogens is 204 g/mol. The zero-order valence-electron chi connectivity index (χ0n) is 8.43. The first kappa shape index (κ1) is 13.2. The molecule has 0 aromatic heterocycles. The molecule has 0 saturated carbocycles. The second-order valence-electron chi connectivity index (χ2n) is 2.50. The molecule has 0 fully saturated rings. The summed E-state index contributed by atoms with van der Waals surface area (Å²) in [6.07, 6.45) is 0.300. The lowest BCUT2D eigenvalue weighted by Gasteiger charge is -2.09. The van der Waals surface area contributed by atoms with Gasteiger partial charge in [0.15, 0.2) is 6.10 Å². The molecule has 1 atom stereocenters. The monoisotopic (exact) mass is 216 g/mol. The highest BCUT2D eigenvalue weighted by molar-refractivity contribution is 5.91. The summed E-state index contributed by atoms with van der Waals surface area (Å²) < 4.78 is 9.13. The van der Waals surface area contributed by atoms with Gasteiger partial charge in [0.25, 0.3) is 0 Å². The Labute approximate surface area is 86.5 Å². The van der Waals surface area contributed by atoms with Crippen LogP contribution in [0.3, 0.4) is 0 Å². The Morgan fingerprint density at radius 3 is 2.40 bits per heavy atom. The third-order valence-corrected chi connectivity index (χ3v) is 1.27. The van der Waals surface area contributed by atoms with E-state index in [1.54, 1.807) is 6.92 Å². The Hall–Kier alpha value is -1.85. The number of ether oxygens (including phenoxy) is 2. The predicted octanol–water partition coefficient (Wildman–Crippen LogP) is 0.122. The Kier molecular flexibility index (Phi) is 5.77. The van der Waals surface area contributed by atoms with Crippen LogP contribution in [0.4, 0.5) is 0 Å². The molecule has 0 radical (unpaired) electrons. The van der Waals surface area contributed by atoms with Crippen LogP contribution in [-0.2, 0) is 23.9 Å². The van der Waals surface area contributed by atoms with E-state index in [9.17, 15) is 14.4 Å². The second-order valence-corrected chi connectivity index (χ2v) is 2.50. The van der Waals surface area contributed by atoms with Gasteiger partial charge in [0.1, 0.15) is 0 Å². The smallest absolute Gasteiger partial charge is 0.347 e. The zero-order valence-corrected chi connectivity index (χ0v) is 8.43. The van der Waals surface area contributed by atoms with Crippen molar-refractivity contribution in [2.24, 2.45) is 0 Å². The fourth-order valence-corrected chi connectivity index (χ4v) is 0.661. The van der Waals surface area contributed by atoms with E-state index in [4.69, 9.17) is 5.11 Å². The molecule has 84 valence electrons. The molecule has 15 heavy (non-hydrogen) atoms. The van der Waals surface area contributed by atoms with Crippen molar-refractivity contribution in [3.63, 3.8) is 0 Å². The van der Waals surface area contributed by atoms with Crippen molar-refractivity contribution < 1.29 is 29.0 Å². The number of hydrogen-bond donors (Lipinski definition) is 1. The molecule has 0 aliphatic rings. The first-order valence-electron chi connectivity index (χ1n) is 4.25. The van der Waals surface area contributed by atoms with E-state index >= 15 is 0 Å². The van der Waals surface area contributed by atoms with Crippen LogP contribution >= 0.6 is 0 Å². The molecule has 0 aliphatic heterocycles. The van der Waals surface area contributed by atoms with Gasteiger partial charge in [-0.25, -0.2) is 14.4 Å². The summed E-state index contributed by atoms with van der Waals surface area (Å²) in [7, 11) is 0. The zero-order chi connectivity index (χ0) is 11.8. The van der Waals surface area contributed by atoms with Crippen molar-refractivity contribution in [1.82, 2.24) is 0 Å². The topological polar surface area (TPSA) is 89.9 Å². The maximum atomic E-state index is 11.0. The third kappa shape index (κ3) is 6.25. The van der Waals surface area contributed by atoms with Crippen LogP contribution < -0.4 is 0 Å². The molecule has 0 aliphatic carbocycles. The summed E-state index contributed by atoms with van der Waals surface area (Å²) in [5.74, 6) is -2.84. The first-order valence-corrected chi connectivity index (χ1v) is 4.25. The van der Waals surface area contributed by atoms with E-state index in [0.29, 0.717) is 6.08 Å². The third-order valence-electron chi connectivity index (χ3n) is 1.27. The van der Waals surface area contributed by atoms with Crippen LogP contribution in [0.25, 0.3) is 0 Å². The van der Waals surface area contributed by atoms with Gasteiger partial charge >= 0.3 is 17.9 Å². The first-order chi connectivity index (χ1) is 6.97. The average Bonchev–Trinajstić information content (AvgIpc) is 2.15. The Morgan fingerprint density at radius 2 is 1.93 bits per heavy atom. The van der Waals surface area contributed by atoms with Crippen LogP contribution in [0.2, 0.25) is 0 Å². The van der Waals surface area contributed by atoms with Gasteiger partial charge in [-0.3, -0.25) is 0 Å². The van der Waals surface area contributed by atoms with Crippen molar-refractivity contribution >= 4 is 17.9 Å². The van der Waals surface area contributed by atoms with Crippen LogP contribution in [0, 0.1) is 0 Å². The number of carboxylic acid groups (broad SMARTS) is 1. The van der Waals surface area contributed by atoms with Gasteiger partial charge in [-0.2, -0.15) is 0 Å². The summed E-state index contributed by atoms with van der Waals surface area (Å²) in [4.78, 5) is 31.9. The summed E-state index contributed by atoms with van der Waals surface area (Å²) in [5, 5.41) is 8.20. The second kappa shape index (κ2) is 6.58. The van der Waals surface area contributed by atoms with Crippen molar-refractivity contribution in [3.8, 4) is 0 Å². The van der Waals surface area contributed by atoms with Gasteiger partial charge in [0, 0.05) is 12.2 Å². The van der Waals surface area contributed by atoms with Gasteiger partial charge in [0.05, 0.1) is 6.61 Å². The van der Waals surface area contributed by atoms with Gasteiger partial charge in [-0.05, 0) is 13.8 Å². The van der Waals surface area contributed by atoms with Gasteiger partial charge < -0.3 is 14.6 Å². The van der Waals surface area contributed by atoms with Crippen LogP contribution in [-0.4, -0.2) is 35.7 Å². The molecule has 6 nitrogen and oxygen atoms in total. The van der Waals surface area contributed by atoms with Gasteiger partial charge in [-0.15, -0.1) is 0 Å². The Balaban J connectivity index is 4.06. The molecule has 0 spiro atoms. The van der Waals surface area contributed by atoms with Crippen molar-refractivity contribution in [1.29, 1.82) is 0 Å². The maximum Gasteiger partial charge on any atom is 0.347 e. The molecule has 0 aromatic rings. The molecule has 0 bridgehead atoms. The van der Waals surface area contributed by atoms with E-state index in [0.717, 1.165) is 6.08 Å². The van der Waals surface area contributed by atoms with Gasteiger partial charge in [-0.1, -0.05) is 0 Å². The predicted molar refractivity (Wildman–Crippen MR) is 49.0 cm³/mol. The molecule has 1 unspecified atom stereocenters. The largest absolute Gasteiger partial charge is 0.478 e. The number of carbonyl (C=O) groups is 3. The molecule has 1 N–H and O–H groups in total. The molecule has 0 aromatic carbocycles. The summed E-state index contributed by atoms with van der Waals surface area (Å²) in [6.45, 7) is 3.15. The number of hydrogen-bond acceptors (Lipinski definition) is 5. The lowest BCUT2D eigenvalue weighted by atomic mass is 10.4. The van der Waals surface area contributed by atoms with Crippen LogP contribution in [0.1, 0.15) is 13.8 Å². The summed E-state index contributed by atoms with van der Waals surface area (Å²) in [6, 6.07) is 0. The normalized spacial score (nSPS) is 12.1. The van der Waals surface area contributed by atoms with E-state index in [-0.39, 0.29) is 6.61 Å². The summed E-state index contributed by atoms with van der Waals surface area (Å²) >= 11 is 0. The maximum absolute atomic E-state index is 11.0. The number of esters is 2. The van der Waals surface area contributed by atoms with Crippen molar-refractivity contribution in [3.05, 3.63) is 12.2 Å². The van der Waals surface area contributed by atoms with Crippen LogP contribution in [0.5, 0.6) is 0 Å². The van der Waals surface area contributed by atoms with E-state index in [2.05, 4.69) is 9.47 Å². The highest BCUT2D eigenvalue weighted by Gasteiger charge is 2.17. The molecule has 0 rings (SSSR count). The lowest BCUT2D eigenvalue weighted by Crippen LogP contribution is -2.25. The Morgan fingerprint density at radius 1 is 1.33 bits per heavy atom. The SMILES string of the molecule is CCOC(=O)C(C)OC(=O)/C=C/C(=O)O. The minimum atomic E-state index is -1.27. The molecule has 0 amide bonds. The number of carbonyl (C=O) groups excluding carboxylic acids is 2. The van der Waals surface area contributed by atoms with E-state index < -0.39 is 24.0 Å². The van der Waals surface area contributed by atoms with Crippen molar-refractivity contribution in [2.45, 2.75) is 20.0 Å². The summed E-state index contributed by atoms with van der Waals surface area (Å²) in [5.41, 5.74) is 0. The van der Waals surface area contributed by atoms with Crippen molar-refractivity contribution in [2.75, 3.05) is 6.61 Å². The number of aliphatic carboxylic acids is 1. The van der Waals surface area contributed by atoms with E-state index in [1.807, 2.05) is 0 Å². The molecule has 0 heterocycles. The fraction of sp³-hybridized carbons (Fsp3) is 0.444. The van der Waals surface area contributed by atoms with Crippen LogP contribution in [0.15, 0.2) is 12.2 Å². The highest BCUT2D eigenvalue weighted by Crippen LogP contribution is 1.96. The minimum Gasteiger partial charge on any atom is -0.478 e. The standard InChI is InChI=1S/C9H12O6/c1-3-14-9(13)6(2)15-8(12)5-4-7(10)11/h4-6H,3H2,1-2H3,(H,10,11)/b5-4+. The average molecular weight is 216 g/mol. The highest BCUT2D eigenvalue weighted by atomic mass is 16.6. The van der Waals surface area contributed by atoms with Gasteiger partial charge in [0.2, 0.25) is 0 Å². The molecule has 6 heteroatoms. The fourth-order valence-electron chi connectivity index (χ4n) is 0.661. The number of rotatable bonds is 5. The lowest BCUT2D eigenvalue weighted by molar-refractivity contribution is -0.163.